The Morgan fingerprint density at radius 2 is 1.81 bits per heavy atom. The van der Waals surface area contributed by atoms with Gasteiger partial charge in [0.1, 0.15) is 11.1 Å². The normalized spacial score (nSPS) is 22.0. The van der Waals surface area contributed by atoms with Crippen LogP contribution in [-0.2, 0) is 22.6 Å². The van der Waals surface area contributed by atoms with Crippen molar-refractivity contribution in [1.29, 1.82) is 5.26 Å². The molecule has 0 bridgehead atoms. The summed E-state index contributed by atoms with van der Waals surface area (Å²) >= 11 is 0. The molecule has 0 N–H and O–H groups in total. The number of hydrogen-bond donors (Lipinski definition) is 0. The molecule has 3 atom stereocenters. The lowest BCUT2D eigenvalue weighted by atomic mass is 9.89. The largest absolute Gasteiger partial charge is 0.364 e. The van der Waals surface area contributed by atoms with Crippen LogP contribution in [0.1, 0.15) is 45.7 Å². The highest BCUT2D eigenvalue weighted by molar-refractivity contribution is 7.89. The predicted molar refractivity (Wildman–Crippen MR) is 165 cm³/mol. The molecule has 43 heavy (non-hydrogen) atoms. The monoisotopic (exact) mass is 603 g/mol. The number of aryl methyl sites for hydroxylation is 1. The second kappa shape index (κ2) is 10.7. The van der Waals surface area contributed by atoms with Gasteiger partial charge in [0, 0.05) is 69.8 Å². The maximum Gasteiger partial charge on any atom is 0.252 e. The molecule has 0 spiro atoms. The highest BCUT2D eigenvalue weighted by Gasteiger charge is 2.50. The smallest absolute Gasteiger partial charge is 0.252 e. The van der Waals surface area contributed by atoms with Crippen LogP contribution >= 0.6 is 0 Å². The van der Waals surface area contributed by atoms with Crippen LogP contribution in [0.2, 0.25) is 0 Å². The van der Waals surface area contributed by atoms with Crippen molar-refractivity contribution in [2.24, 2.45) is 7.05 Å². The number of aromatic nitrogens is 5. The number of sulfonamides is 1. The van der Waals surface area contributed by atoms with Crippen molar-refractivity contribution >= 4 is 37.8 Å². The number of nitrogens with zero attached hydrogens (tertiary/aromatic N) is 9. The van der Waals surface area contributed by atoms with Crippen LogP contribution in [0.25, 0.3) is 22.1 Å². The van der Waals surface area contributed by atoms with Crippen molar-refractivity contribution in [3.05, 3.63) is 58.8 Å². The van der Waals surface area contributed by atoms with Crippen molar-refractivity contribution in [2.45, 2.75) is 57.8 Å². The van der Waals surface area contributed by atoms with Crippen molar-refractivity contribution in [3.8, 4) is 6.07 Å². The first-order valence-electron chi connectivity index (χ1n) is 14.7. The SMILES string of the molecule is CCS(=O)(=O)N1CC(CC#N)(n2cc3c(n2)c(N2C[C@@H](C)N(C(C)c4ccc5nccnc5c4)C[C@@H]2C)cc(=O)n3C)C1. The Labute approximate surface area is 251 Å². The van der Waals surface area contributed by atoms with Crippen LogP contribution in [0.3, 0.4) is 0 Å². The van der Waals surface area contributed by atoms with Gasteiger partial charge >= 0.3 is 0 Å². The van der Waals surface area contributed by atoms with Gasteiger partial charge in [-0.1, -0.05) is 6.07 Å². The highest BCUT2D eigenvalue weighted by atomic mass is 32.2. The average Bonchev–Trinajstić information content (AvgIpc) is 3.43. The number of benzene rings is 1. The number of nitriles is 1. The first-order valence-corrected chi connectivity index (χ1v) is 16.3. The van der Waals surface area contributed by atoms with Crippen LogP contribution in [-0.4, -0.2) is 86.0 Å². The molecular formula is C30H37N9O3S. The van der Waals surface area contributed by atoms with E-state index >= 15 is 0 Å². The van der Waals surface area contributed by atoms with Gasteiger partial charge < -0.3 is 9.47 Å². The Morgan fingerprint density at radius 1 is 1.09 bits per heavy atom. The summed E-state index contributed by atoms with van der Waals surface area (Å²) in [7, 11) is -1.66. The molecule has 0 saturated carbocycles. The average molecular weight is 604 g/mol. The molecule has 2 aliphatic rings. The Bertz CT molecular complexity index is 1910. The second-order valence-electron chi connectivity index (χ2n) is 12.0. The van der Waals surface area contributed by atoms with Crippen LogP contribution in [0.15, 0.2) is 47.7 Å². The molecule has 5 heterocycles. The molecule has 0 aliphatic carbocycles. The van der Waals surface area contributed by atoms with E-state index in [-0.39, 0.29) is 48.9 Å². The van der Waals surface area contributed by atoms with E-state index in [1.54, 1.807) is 47.9 Å². The van der Waals surface area contributed by atoms with E-state index < -0.39 is 15.6 Å². The topological polar surface area (TPSA) is 133 Å². The molecule has 1 aromatic carbocycles. The Kier molecular flexibility index (Phi) is 7.27. The van der Waals surface area contributed by atoms with Gasteiger partial charge in [0.25, 0.3) is 5.56 Å². The standard InChI is InChI=1S/C30H37N9O3S/c1-6-43(41,42)36-18-30(19-36,9-10-31)39-17-27-29(34-39)26(14-28(40)35(27)5)38-16-20(2)37(15-21(38)3)22(4)23-7-8-24-25(13-23)33-12-11-32-24/h7-8,11-14,17,20-22H,6,9,15-16,18-19H2,1-5H3/t20-,21+,22?/m1/s1. The van der Waals surface area contributed by atoms with Gasteiger partial charge in [-0.25, -0.2) is 8.42 Å². The molecule has 13 heteroatoms. The fourth-order valence-corrected chi connectivity index (χ4v) is 7.83. The van der Waals surface area contributed by atoms with Crippen LogP contribution in [0.5, 0.6) is 0 Å². The third-order valence-corrected chi connectivity index (χ3v) is 11.1. The number of rotatable bonds is 7. The van der Waals surface area contributed by atoms with Gasteiger partial charge in [0.2, 0.25) is 10.0 Å². The van der Waals surface area contributed by atoms with Gasteiger partial charge in [0.05, 0.1) is 46.7 Å². The van der Waals surface area contributed by atoms with Crippen molar-refractivity contribution < 1.29 is 8.42 Å². The third-order valence-electron chi connectivity index (χ3n) is 9.30. The molecule has 226 valence electrons. The number of piperazine rings is 1. The number of anilines is 1. The first kappa shape index (κ1) is 29.2. The summed E-state index contributed by atoms with van der Waals surface area (Å²) in [5, 5.41) is 14.6. The quantitative estimate of drug-likeness (QED) is 0.313. The highest BCUT2D eigenvalue weighted by Crippen LogP contribution is 2.37. The van der Waals surface area contributed by atoms with E-state index in [1.807, 2.05) is 6.07 Å². The predicted octanol–water partition coefficient (Wildman–Crippen LogP) is 2.61. The minimum absolute atomic E-state index is 0.00496. The summed E-state index contributed by atoms with van der Waals surface area (Å²) in [5.41, 5.74) is 4.09. The van der Waals surface area contributed by atoms with Crippen molar-refractivity contribution in [1.82, 2.24) is 33.5 Å². The lowest BCUT2D eigenvalue weighted by molar-refractivity contribution is 0.0725. The minimum atomic E-state index is -3.38. The van der Waals surface area contributed by atoms with Crippen molar-refractivity contribution in [2.75, 3.05) is 36.8 Å². The van der Waals surface area contributed by atoms with E-state index in [1.165, 1.54) is 9.87 Å². The Hall–Kier alpha value is -3.86. The van der Waals surface area contributed by atoms with Gasteiger partial charge in [0.15, 0.2) is 0 Å². The van der Waals surface area contributed by atoms with Crippen LogP contribution < -0.4 is 10.5 Å². The minimum Gasteiger partial charge on any atom is -0.364 e. The summed E-state index contributed by atoms with van der Waals surface area (Å²) in [6, 6.07) is 10.5. The van der Waals surface area contributed by atoms with E-state index in [4.69, 9.17) is 5.10 Å². The zero-order valence-corrected chi connectivity index (χ0v) is 26.0. The Balaban J connectivity index is 1.31. The van der Waals surface area contributed by atoms with Crippen molar-refractivity contribution in [3.63, 3.8) is 0 Å². The van der Waals surface area contributed by atoms with Crippen LogP contribution in [0.4, 0.5) is 5.69 Å². The lowest BCUT2D eigenvalue weighted by Crippen LogP contribution is -2.64. The van der Waals surface area contributed by atoms with E-state index in [2.05, 4.69) is 58.7 Å². The zero-order valence-electron chi connectivity index (χ0n) is 25.2. The fourth-order valence-electron chi connectivity index (χ4n) is 6.59. The molecule has 1 unspecified atom stereocenters. The van der Waals surface area contributed by atoms with E-state index in [0.29, 0.717) is 17.6 Å². The molecule has 2 aliphatic heterocycles. The molecular weight excluding hydrogens is 566 g/mol. The van der Waals surface area contributed by atoms with Gasteiger partial charge in [-0.05, 0) is 45.4 Å². The molecule has 2 fully saturated rings. The maximum atomic E-state index is 13.2. The van der Waals surface area contributed by atoms with Gasteiger partial charge in [-0.2, -0.15) is 14.7 Å². The number of fused-ring (bicyclic) bond motifs is 2. The molecule has 4 aromatic rings. The zero-order chi connectivity index (χ0) is 30.7. The third kappa shape index (κ3) is 4.87. The molecule has 0 amide bonds. The number of hydrogen-bond acceptors (Lipinski definition) is 9. The summed E-state index contributed by atoms with van der Waals surface area (Å²) < 4.78 is 29.6. The summed E-state index contributed by atoms with van der Waals surface area (Å²) in [5.74, 6) is 0.00496. The molecule has 2 saturated heterocycles. The maximum absolute atomic E-state index is 13.2. The number of pyridine rings is 1. The van der Waals surface area contributed by atoms with Gasteiger partial charge in [-0.3, -0.25) is 24.3 Å². The summed E-state index contributed by atoms with van der Waals surface area (Å²) in [6.45, 7) is 10.0. The Morgan fingerprint density at radius 3 is 2.51 bits per heavy atom. The lowest BCUT2D eigenvalue weighted by Gasteiger charge is -2.48. The molecule has 12 nitrogen and oxygen atoms in total. The molecule has 3 aromatic heterocycles. The van der Waals surface area contributed by atoms with E-state index in [9.17, 15) is 18.5 Å². The molecule has 0 radical (unpaired) electrons. The van der Waals surface area contributed by atoms with Gasteiger partial charge in [-0.15, -0.1) is 0 Å². The molecule has 6 rings (SSSR count). The summed E-state index contributed by atoms with van der Waals surface area (Å²) in [6.07, 6.45) is 5.32. The van der Waals surface area contributed by atoms with E-state index in [0.717, 1.165) is 23.3 Å². The first-order chi connectivity index (χ1) is 20.5. The fraction of sp³-hybridized carbons (Fsp3) is 0.500. The second-order valence-corrected chi connectivity index (χ2v) is 14.2. The van der Waals surface area contributed by atoms with Crippen LogP contribution in [0, 0.1) is 11.3 Å². The summed E-state index contributed by atoms with van der Waals surface area (Å²) in [4.78, 5) is 26.8.